The molecule has 0 aliphatic carbocycles. The molecule has 0 atom stereocenters. The van der Waals surface area contributed by atoms with E-state index in [2.05, 4.69) is 4.99 Å². The second-order valence-electron chi connectivity index (χ2n) is 3.95. The van der Waals surface area contributed by atoms with Crippen LogP contribution in [0.15, 0.2) is 35.3 Å². The zero-order chi connectivity index (χ0) is 12.3. The van der Waals surface area contributed by atoms with Crippen molar-refractivity contribution in [3.63, 3.8) is 0 Å². The number of carbonyl (C=O) groups excluding carboxylic acids is 1. The normalized spacial score (nSPS) is 14.9. The first-order valence-electron chi connectivity index (χ1n) is 5.36. The third-order valence-electron chi connectivity index (χ3n) is 2.41. The molecule has 0 radical (unpaired) electrons. The number of hydrogen-bond acceptors (Lipinski definition) is 4. The number of anilines is 1. The van der Waals surface area contributed by atoms with Gasteiger partial charge in [0, 0.05) is 25.9 Å². The lowest BCUT2D eigenvalue weighted by Crippen LogP contribution is -2.07. The second-order valence-corrected chi connectivity index (χ2v) is 3.95. The minimum atomic E-state index is -0.299. The van der Waals surface area contributed by atoms with Gasteiger partial charge in [0.2, 0.25) is 5.90 Å². The Labute approximate surface area is 100 Å². The van der Waals surface area contributed by atoms with Crippen LogP contribution < -0.4 is 4.90 Å². The van der Waals surface area contributed by atoms with Crippen LogP contribution in [0, 0.1) is 0 Å². The van der Waals surface area contributed by atoms with E-state index >= 15 is 0 Å². The van der Waals surface area contributed by atoms with Gasteiger partial charge in [-0.25, -0.2) is 9.79 Å². The Balaban J connectivity index is 2.04. The standard InChI is InChI=1S/C13H14N2O2/c1-15(2)11-6-3-10(4-7-11)5-8-12-14-9-13(16)17-12/h3-8H,9H2,1-2H3. The van der Waals surface area contributed by atoms with Crippen LogP contribution in [0.2, 0.25) is 0 Å². The minimum Gasteiger partial charge on any atom is -0.406 e. The topological polar surface area (TPSA) is 41.9 Å². The SMILES string of the molecule is CN(C)c1ccc(C=CC2=NCC(=O)O2)cc1. The molecule has 0 saturated carbocycles. The average molecular weight is 230 g/mol. The number of aliphatic imine (C=N–C) groups is 1. The Kier molecular flexibility index (Phi) is 3.23. The van der Waals surface area contributed by atoms with Crippen molar-refractivity contribution in [3.05, 3.63) is 35.9 Å². The summed E-state index contributed by atoms with van der Waals surface area (Å²) >= 11 is 0. The predicted octanol–water partition coefficient (Wildman–Crippen LogP) is 1.72. The fraction of sp³-hybridized carbons (Fsp3) is 0.231. The highest BCUT2D eigenvalue weighted by atomic mass is 16.5. The number of nitrogens with zero attached hydrogens (tertiary/aromatic N) is 2. The van der Waals surface area contributed by atoms with Crippen molar-refractivity contribution in [1.29, 1.82) is 0 Å². The third kappa shape index (κ3) is 2.93. The summed E-state index contributed by atoms with van der Waals surface area (Å²) in [5, 5.41) is 0. The predicted molar refractivity (Wildman–Crippen MR) is 68.2 cm³/mol. The number of ether oxygens (including phenoxy) is 1. The van der Waals surface area contributed by atoms with Crippen molar-refractivity contribution in [3.8, 4) is 0 Å². The summed E-state index contributed by atoms with van der Waals surface area (Å²) in [7, 11) is 4.00. The lowest BCUT2D eigenvalue weighted by Gasteiger charge is -2.11. The first kappa shape index (κ1) is 11.4. The Bertz CT molecular complexity index is 473. The van der Waals surface area contributed by atoms with Gasteiger partial charge in [-0.1, -0.05) is 12.1 Å². The largest absolute Gasteiger partial charge is 0.406 e. The molecule has 1 aliphatic heterocycles. The summed E-state index contributed by atoms with van der Waals surface area (Å²) in [6.07, 6.45) is 3.58. The fourth-order valence-electron chi connectivity index (χ4n) is 1.46. The first-order chi connectivity index (χ1) is 8.15. The molecule has 1 aliphatic rings. The quantitative estimate of drug-likeness (QED) is 0.742. The highest BCUT2D eigenvalue weighted by Gasteiger charge is 2.12. The van der Waals surface area contributed by atoms with E-state index in [1.54, 1.807) is 6.08 Å². The van der Waals surface area contributed by atoms with E-state index in [4.69, 9.17) is 4.74 Å². The van der Waals surface area contributed by atoms with E-state index in [0.717, 1.165) is 11.3 Å². The van der Waals surface area contributed by atoms with Crippen LogP contribution in [-0.4, -0.2) is 32.5 Å². The maximum absolute atomic E-state index is 10.8. The Morgan fingerprint density at radius 3 is 2.47 bits per heavy atom. The second kappa shape index (κ2) is 4.82. The van der Waals surface area contributed by atoms with Gasteiger partial charge in [-0.15, -0.1) is 0 Å². The number of cyclic esters (lactones) is 1. The molecule has 0 unspecified atom stereocenters. The summed E-state index contributed by atoms with van der Waals surface area (Å²) in [5.74, 6) is 0.0827. The Morgan fingerprint density at radius 2 is 1.94 bits per heavy atom. The van der Waals surface area contributed by atoms with Crippen molar-refractivity contribution in [2.75, 3.05) is 25.5 Å². The molecular weight excluding hydrogens is 216 g/mol. The molecule has 0 amide bonds. The summed E-state index contributed by atoms with van der Waals surface area (Å²) in [5.41, 5.74) is 2.19. The molecule has 4 heteroatoms. The van der Waals surface area contributed by atoms with Crippen LogP contribution >= 0.6 is 0 Å². The number of rotatable bonds is 3. The van der Waals surface area contributed by atoms with E-state index in [-0.39, 0.29) is 12.5 Å². The molecule has 0 bridgehead atoms. The molecule has 1 aromatic rings. The number of hydrogen-bond donors (Lipinski definition) is 0. The van der Waals surface area contributed by atoms with Crippen molar-refractivity contribution in [2.24, 2.45) is 4.99 Å². The van der Waals surface area contributed by atoms with Gasteiger partial charge in [-0.05, 0) is 23.8 Å². The lowest BCUT2D eigenvalue weighted by atomic mass is 10.2. The van der Waals surface area contributed by atoms with Crippen LogP contribution in [-0.2, 0) is 9.53 Å². The van der Waals surface area contributed by atoms with E-state index in [9.17, 15) is 4.79 Å². The zero-order valence-electron chi connectivity index (χ0n) is 9.88. The molecule has 1 aromatic carbocycles. The monoisotopic (exact) mass is 230 g/mol. The fourth-order valence-corrected chi connectivity index (χ4v) is 1.46. The summed E-state index contributed by atoms with van der Waals surface area (Å²) in [6.45, 7) is 0.124. The van der Waals surface area contributed by atoms with Crippen molar-refractivity contribution in [2.45, 2.75) is 0 Å². The molecule has 1 heterocycles. The van der Waals surface area contributed by atoms with Gasteiger partial charge in [0.05, 0.1) is 0 Å². The van der Waals surface area contributed by atoms with Gasteiger partial charge in [-0.3, -0.25) is 0 Å². The first-order valence-corrected chi connectivity index (χ1v) is 5.36. The third-order valence-corrected chi connectivity index (χ3v) is 2.41. The molecule has 17 heavy (non-hydrogen) atoms. The molecule has 4 nitrogen and oxygen atoms in total. The number of esters is 1. The maximum atomic E-state index is 10.8. The maximum Gasteiger partial charge on any atom is 0.334 e. The number of benzene rings is 1. The Morgan fingerprint density at radius 1 is 1.24 bits per heavy atom. The average Bonchev–Trinajstić information content (AvgIpc) is 2.73. The Hall–Kier alpha value is -2.10. The number of carbonyl (C=O) groups is 1. The summed E-state index contributed by atoms with van der Waals surface area (Å²) in [4.78, 5) is 16.8. The molecule has 88 valence electrons. The van der Waals surface area contributed by atoms with E-state index in [1.165, 1.54) is 0 Å². The highest BCUT2D eigenvalue weighted by molar-refractivity contribution is 6.03. The molecule has 0 N–H and O–H groups in total. The van der Waals surface area contributed by atoms with Crippen LogP contribution in [0.5, 0.6) is 0 Å². The van der Waals surface area contributed by atoms with Crippen LogP contribution in [0.1, 0.15) is 5.56 Å². The molecular formula is C13H14N2O2. The van der Waals surface area contributed by atoms with Crippen molar-refractivity contribution >= 4 is 23.6 Å². The van der Waals surface area contributed by atoms with Gasteiger partial charge >= 0.3 is 5.97 Å². The summed E-state index contributed by atoms with van der Waals surface area (Å²) in [6, 6.07) is 8.07. The van der Waals surface area contributed by atoms with Gasteiger partial charge in [-0.2, -0.15) is 0 Å². The molecule has 0 aromatic heterocycles. The van der Waals surface area contributed by atoms with Gasteiger partial charge in [0.25, 0.3) is 0 Å². The van der Waals surface area contributed by atoms with Gasteiger partial charge in [0.1, 0.15) is 6.54 Å². The van der Waals surface area contributed by atoms with Crippen LogP contribution in [0.25, 0.3) is 6.08 Å². The minimum absolute atomic E-state index is 0.124. The van der Waals surface area contributed by atoms with E-state index < -0.39 is 0 Å². The zero-order valence-corrected chi connectivity index (χ0v) is 9.88. The lowest BCUT2D eigenvalue weighted by molar-refractivity contribution is -0.132. The molecule has 0 fully saturated rings. The van der Waals surface area contributed by atoms with E-state index in [1.807, 2.05) is 49.3 Å². The highest BCUT2D eigenvalue weighted by Crippen LogP contribution is 2.13. The molecule has 2 rings (SSSR count). The molecule has 0 saturated heterocycles. The van der Waals surface area contributed by atoms with Crippen LogP contribution in [0.3, 0.4) is 0 Å². The van der Waals surface area contributed by atoms with E-state index in [0.29, 0.717) is 5.90 Å². The van der Waals surface area contributed by atoms with Crippen LogP contribution in [0.4, 0.5) is 5.69 Å². The summed E-state index contributed by atoms with van der Waals surface area (Å²) < 4.78 is 4.86. The smallest absolute Gasteiger partial charge is 0.334 e. The van der Waals surface area contributed by atoms with Crippen molar-refractivity contribution < 1.29 is 9.53 Å². The van der Waals surface area contributed by atoms with Gasteiger partial charge < -0.3 is 9.64 Å². The molecule has 0 spiro atoms. The van der Waals surface area contributed by atoms with Gasteiger partial charge in [0.15, 0.2) is 0 Å². The van der Waals surface area contributed by atoms with Crippen molar-refractivity contribution in [1.82, 2.24) is 0 Å².